The van der Waals surface area contributed by atoms with Crippen LogP contribution in [0.25, 0.3) is 0 Å². The predicted octanol–water partition coefficient (Wildman–Crippen LogP) is 2.51. The van der Waals surface area contributed by atoms with E-state index < -0.39 is 10.0 Å². The van der Waals surface area contributed by atoms with Crippen molar-refractivity contribution >= 4 is 15.9 Å². The molecule has 29 heavy (non-hydrogen) atoms. The first-order chi connectivity index (χ1) is 13.8. The molecule has 0 spiro atoms. The normalized spacial score (nSPS) is 21.4. The van der Waals surface area contributed by atoms with Crippen LogP contribution < -0.4 is 10.1 Å². The molecule has 1 N–H and O–H groups in total. The van der Waals surface area contributed by atoms with E-state index in [-0.39, 0.29) is 28.7 Å². The molecule has 1 atom stereocenters. The summed E-state index contributed by atoms with van der Waals surface area (Å²) in [5.41, 5.74) is 0.952. The highest BCUT2D eigenvalue weighted by Gasteiger charge is 2.34. The van der Waals surface area contributed by atoms with Crippen molar-refractivity contribution in [1.29, 1.82) is 0 Å². The quantitative estimate of drug-likeness (QED) is 0.727. The Morgan fingerprint density at radius 3 is 2.59 bits per heavy atom. The Morgan fingerprint density at radius 1 is 1.28 bits per heavy atom. The molecule has 1 amide bonds. The van der Waals surface area contributed by atoms with Crippen molar-refractivity contribution in [2.75, 3.05) is 33.4 Å². The van der Waals surface area contributed by atoms with Gasteiger partial charge in [0.15, 0.2) is 0 Å². The van der Waals surface area contributed by atoms with Crippen molar-refractivity contribution in [3.8, 4) is 5.75 Å². The highest BCUT2D eigenvalue weighted by atomic mass is 32.2. The van der Waals surface area contributed by atoms with E-state index in [1.54, 1.807) is 12.1 Å². The van der Waals surface area contributed by atoms with Gasteiger partial charge in [-0.3, -0.25) is 4.79 Å². The first-order valence-corrected chi connectivity index (χ1v) is 11.8. The van der Waals surface area contributed by atoms with Crippen molar-refractivity contribution in [2.45, 2.75) is 56.4 Å². The Hall–Kier alpha value is -1.64. The Balaban J connectivity index is 1.63. The van der Waals surface area contributed by atoms with Crippen molar-refractivity contribution in [1.82, 2.24) is 9.62 Å². The van der Waals surface area contributed by atoms with Gasteiger partial charge in [-0.25, -0.2) is 8.42 Å². The van der Waals surface area contributed by atoms with Crippen LogP contribution in [0.3, 0.4) is 0 Å². The topological polar surface area (TPSA) is 84.9 Å². The fraction of sp³-hybridized carbons (Fsp3) is 0.667. The fourth-order valence-corrected chi connectivity index (χ4v) is 5.58. The summed E-state index contributed by atoms with van der Waals surface area (Å²) >= 11 is 0. The smallest absolute Gasteiger partial charge is 0.246 e. The van der Waals surface area contributed by atoms with Crippen molar-refractivity contribution in [2.24, 2.45) is 5.92 Å². The number of hydrogen-bond acceptors (Lipinski definition) is 5. The minimum atomic E-state index is -3.68. The number of methoxy groups -OCH3 is 1. The van der Waals surface area contributed by atoms with Gasteiger partial charge in [0.25, 0.3) is 0 Å². The van der Waals surface area contributed by atoms with E-state index >= 15 is 0 Å². The maximum Gasteiger partial charge on any atom is 0.246 e. The van der Waals surface area contributed by atoms with Gasteiger partial charge in [0.05, 0.1) is 13.2 Å². The van der Waals surface area contributed by atoms with Crippen LogP contribution >= 0.6 is 0 Å². The molecule has 7 nitrogen and oxygen atoms in total. The number of carbonyl (C=O) groups excluding carboxylic acids is 1. The number of ether oxygens (including phenoxy) is 2. The van der Waals surface area contributed by atoms with Gasteiger partial charge < -0.3 is 14.8 Å². The number of sulfonamides is 1. The molecule has 2 heterocycles. The summed E-state index contributed by atoms with van der Waals surface area (Å²) in [5, 5.41) is 2.97. The number of hydrogen-bond donors (Lipinski definition) is 1. The molecule has 2 aliphatic rings. The van der Waals surface area contributed by atoms with E-state index in [1.165, 1.54) is 11.4 Å². The molecule has 0 unspecified atom stereocenters. The van der Waals surface area contributed by atoms with Gasteiger partial charge in [-0.05, 0) is 49.3 Å². The van der Waals surface area contributed by atoms with E-state index in [0.29, 0.717) is 38.2 Å². The average Bonchev–Trinajstić information content (AvgIpc) is 3.25. The lowest BCUT2D eigenvalue weighted by Crippen LogP contribution is -2.44. The Bertz CT molecular complexity index is 810. The zero-order valence-corrected chi connectivity index (χ0v) is 18.3. The van der Waals surface area contributed by atoms with E-state index in [0.717, 1.165) is 25.0 Å². The van der Waals surface area contributed by atoms with Crippen LogP contribution in [0.2, 0.25) is 0 Å². The van der Waals surface area contributed by atoms with Crippen molar-refractivity contribution < 1.29 is 22.7 Å². The van der Waals surface area contributed by atoms with Gasteiger partial charge >= 0.3 is 0 Å². The molecule has 1 aromatic carbocycles. The Kier molecular flexibility index (Phi) is 7.19. The third-order valence-corrected chi connectivity index (χ3v) is 7.74. The second kappa shape index (κ2) is 9.45. The van der Waals surface area contributed by atoms with E-state index in [9.17, 15) is 13.2 Å². The van der Waals surface area contributed by atoms with Crippen LogP contribution in [0.5, 0.6) is 5.75 Å². The number of nitrogens with one attached hydrogen (secondary N) is 1. The number of rotatable bonds is 7. The molecule has 2 aliphatic heterocycles. The lowest BCUT2D eigenvalue weighted by Gasteiger charge is -2.31. The van der Waals surface area contributed by atoms with Crippen molar-refractivity contribution in [3.63, 3.8) is 0 Å². The Labute approximate surface area is 173 Å². The lowest BCUT2D eigenvalue weighted by atomic mass is 9.97. The first kappa shape index (κ1) is 22.1. The lowest BCUT2D eigenvalue weighted by molar-refractivity contribution is -0.126. The highest BCUT2D eigenvalue weighted by molar-refractivity contribution is 7.89. The SMILES string of the molecule is COc1ccc(C(C)C)cc1S(=O)(=O)N1CCC(C(=O)NC[C@H]2CCCO2)CC1. The van der Waals surface area contributed by atoms with E-state index in [4.69, 9.17) is 9.47 Å². The summed E-state index contributed by atoms with van der Waals surface area (Å²) in [7, 11) is -2.20. The Morgan fingerprint density at radius 2 is 2.00 bits per heavy atom. The monoisotopic (exact) mass is 424 g/mol. The second-order valence-corrected chi connectivity index (χ2v) is 10.0. The van der Waals surface area contributed by atoms with Gasteiger partial charge in [0.1, 0.15) is 10.6 Å². The molecular formula is C21H32N2O5S. The maximum atomic E-state index is 13.2. The third-order valence-electron chi connectivity index (χ3n) is 5.82. The van der Waals surface area contributed by atoms with Gasteiger partial charge in [-0.2, -0.15) is 4.31 Å². The van der Waals surface area contributed by atoms with Crippen LogP contribution in [-0.2, 0) is 19.6 Å². The third kappa shape index (κ3) is 5.10. The largest absolute Gasteiger partial charge is 0.495 e. The van der Waals surface area contributed by atoms with Crippen LogP contribution in [-0.4, -0.2) is 58.1 Å². The summed E-state index contributed by atoms with van der Waals surface area (Å²) in [6.45, 7) is 6.01. The summed E-state index contributed by atoms with van der Waals surface area (Å²) in [6.07, 6.45) is 3.16. The molecule has 2 saturated heterocycles. The van der Waals surface area contributed by atoms with Gasteiger partial charge in [-0.15, -0.1) is 0 Å². The molecule has 3 rings (SSSR count). The number of nitrogens with zero attached hydrogens (tertiary/aromatic N) is 1. The predicted molar refractivity (Wildman–Crippen MR) is 111 cm³/mol. The molecule has 162 valence electrons. The molecule has 1 aromatic rings. The zero-order valence-electron chi connectivity index (χ0n) is 17.5. The maximum absolute atomic E-state index is 13.2. The standard InChI is InChI=1S/C21H32N2O5S/c1-15(2)17-6-7-19(27-3)20(13-17)29(25,26)23-10-8-16(9-11-23)21(24)22-14-18-5-4-12-28-18/h6-7,13,15-16,18H,4-5,8-12,14H2,1-3H3,(H,22,24)/t18-/m1/s1. The number of piperidine rings is 1. The first-order valence-electron chi connectivity index (χ1n) is 10.4. The zero-order chi connectivity index (χ0) is 21.0. The fourth-order valence-electron chi connectivity index (χ4n) is 3.92. The molecule has 0 radical (unpaired) electrons. The van der Waals surface area contributed by atoms with Gasteiger partial charge in [0, 0.05) is 32.2 Å². The summed E-state index contributed by atoms with van der Waals surface area (Å²) in [5.74, 6) is 0.405. The van der Waals surface area contributed by atoms with Crippen LogP contribution in [0.1, 0.15) is 51.0 Å². The van der Waals surface area contributed by atoms with Crippen molar-refractivity contribution in [3.05, 3.63) is 23.8 Å². The molecule has 0 bridgehead atoms. The van der Waals surface area contributed by atoms with Crippen LogP contribution in [0, 0.1) is 5.92 Å². The second-order valence-electron chi connectivity index (χ2n) is 8.12. The minimum Gasteiger partial charge on any atom is -0.495 e. The molecule has 0 aromatic heterocycles. The number of carbonyl (C=O) groups is 1. The van der Waals surface area contributed by atoms with Gasteiger partial charge in [-0.1, -0.05) is 19.9 Å². The molecule has 8 heteroatoms. The molecule has 0 saturated carbocycles. The highest BCUT2D eigenvalue weighted by Crippen LogP contribution is 2.32. The van der Waals surface area contributed by atoms with Crippen LogP contribution in [0.4, 0.5) is 0 Å². The number of benzene rings is 1. The van der Waals surface area contributed by atoms with E-state index in [1.807, 2.05) is 19.9 Å². The average molecular weight is 425 g/mol. The summed E-state index contributed by atoms with van der Waals surface area (Å²) < 4.78 is 38.8. The van der Waals surface area contributed by atoms with Crippen LogP contribution in [0.15, 0.2) is 23.1 Å². The molecule has 0 aliphatic carbocycles. The summed E-state index contributed by atoms with van der Waals surface area (Å²) in [6, 6.07) is 5.32. The molecule has 2 fully saturated rings. The number of amides is 1. The summed E-state index contributed by atoms with van der Waals surface area (Å²) in [4.78, 5) is 12.6. The minimum absolute atomic E-state index is 0.00284. The van der Waals surface area contributed by atoms with E-state index in [2.05, 4.69) is 5.32 Å². The molecular weight excluding hydrogens is 392 g/mol. The van der Waals surface area contributed by atoms with Gasteiger partial charge in [0.2, 0.25) is 15.9 Å².